The Morgan fingerprint density at radius 2 is 1.82 bits per heavy atom. The van der Waals surface area contributed by atoms with E-state index in [-0.39, 0.29) is 24.1 Å². The normalized spacial score (nSPS) is 16.8. The summed E-state index contributed by atoms with van der Waals surface area (Å²) >= 11 is 0. The lowest BCUT2D eigenvalue weighted by molar-refractivity contribution is -0.136. The highest BCUT2D eigenvalue weighted by Gasteiger charge is 2.27. The molecular weight excluding hydrogens is 282 g/mol. The molecule has 0 aliphatic heterocycles. The molecule has 1 N–H and O–H groups in total. The summed E-state index contributed by atoms with van der Waals surface area (Å²) in [5, 5.41) is 8.95. The van der Waals surface area contributed by atoms with E-state index in [9.17, 15) is 9.59 Å². The molecule has 5 nitrogen and oxygen atoms in total. The summed E-state index contributed by atoms with van der Waals surface area (Å²) in [6.07, 6.45) is 9.30. The van der Waals surface area contributed by atoms with Crippen molar-refractivity contribution in [3.8, 4) is 0 Å². The molecular formula is C17H25NO4. The van der Waals surface area contributed by atoms with Crippen molar-refractivity contribution in [1.82, 2.24) is 4.90 Å². The molecule has 0 radical (unpaired) electrons. The fraction of sp³-hybridized carbons (Fsp3) is 0.647. The Kier molecular flexibility index (Phi) is 5.63. The quantitative estimate of drug-likeness (QED) is 0.925. The van der Waals surface area contributed by atoms with Crippen LogP contribution in [0, 0.1) is 6.92 Å². The summed E-state index contributed by atoms with van der Waals surface area (Å²) in [6, 6.07) is 0.236. The maximum Gasteiger partial charge on any atom is 0.311 e. The third-order valence-electron chi connectivity index (χ3n) is 4.52. The second kappa shape index (κ2) is 7.47. The average Bonchev–Trinajstić information content (AvgIpc) is 2.77. The minimum atomic E-state index is -0.989. The Labute approximate surface area is 131 Å². The van der Waals surface area contributed by atoms with Crippen molar-refractivity contribution in [2.24, 2.45) is 0 Å². The van der Waals surface area contributed by atoms with Crippen LogP contribution in [0.5, 0.6) is 0 Å². The Bertz CT molecular complexity index is 527. The zero-order chi connectivity index (χ0) is 16.1. The van der Waals surface area contributed by atoms with Gasteiger partial charge >= 0.3 is 5.97 Å². The number of hydrogen-bond acceptors (Lipinski definition) is 3. The molecule has 1 amide bonds. The molecule has 1 aromatic rings. The number of aryl methyl sites for hydroxylation is 1. The van der Waals surface area contributed by atoms with Crippen molar-refractivity contribution in [2.75, 3.05) is 7.05 Å². The minimum Gasteiger partial charge on any atom is -0.481 e. The number of amides is 1. The SMILES string of the molecule is Cc1coc(CC(=O)O)c1C(=O)N(C)C1CCCCCCC1. The third-order valence-corrected chi connectivity index (χ3v) is 4.52. The van der Waals surface area contributed by atoms with Gasteiger partial charge < -0.3 is 14.4 Å². The van der Waals surface area contributed by atoms with E-state index in [0.29, 0.717) is 11.1 Å². The maximum atomic E-state index is 12.8. The first-order valence-electron chi connectivity index (χ1n) is 8.06. The molecule has 0 unspecified atom stereocenters. The number of carboxylic acids is 1. The van der Waals surface area contributed by atoms with Crippen LogP contribution in [0.4, 0.5) is 0 Å². The standard InChI is InChI=1S/C17H25NO4/c1-12-11-22-14(10-15(19)20)16(12)17(21)18(2)13-8-6-4-3-5-7-9-13/h11,13H,3-10H2,1-2H3,(H,19,20). The van der Waals surface area contributed by atoms with Crippen LogP contribution in [0.15, 0.2) is 10.7 Å². The number of furan rings is 1. The van der Waals surface area contributed by atoms with Gasteiger partial charge in [-0.1, -0.05) is 32.1 Å². The average molecular weight is 307 g/mol. The van der Waals surface area contributed by atoms with E-state index in [1.165, 1.54) is 25.5 Å². The van der Waals surface area contributed by atoms with Crippen LogP contribution >= 0.6 is 0 Å². The number of carbonyl (C=O) groups excluding carboxylic acids is 1. The second-order valence-electron chi connectivity index (χ2n) is 6.20. The minimum absolute atomic E-state index is 0.118. The van der Waals surface area contributed by atoms with Gasteiger partial charge in [0.15, 0.2) is 0 Å². The zero-order valence-electron chi connectivity index (χ0n) is 13.4. The summed E-state index contributed by atoms with van der Waals surface area (Å²) < 4.78 is 5.28. The smallest absolute Gasteiger partial charge is 0.311 e. The van der Waals surface area contributed by atoms with Crippen LogP contribution in [0.3, 0.4) is 0 Å². The molecule has 22 heavy (non-hydrogen) atoms. The van der Waals surface area contributed by atoms with Crippen LogP contribution in [-0.4, -0.2) is 35.0 Å². The Hall–Kier alpha value is -1.78. The van der Waals surface area contributed by atoms with Crippen molar-refractivity contribution in [3.63, 3.8) is 0 Å². The molecule has 1 heterocycles. The highest BCUT2D eigenvalue weighted by atomic mass is 16.4. The number of rotatable bonds is 4. The molecule has 1 aromatic heterocycles. The fourth-order valence-electron chi connectivity index (χ4n) is 3.22. The maximum absolute atomic E-state index is 12.8. The lowest BCUT2D eigenvalue weighted by Crippen LogP contribution is -2.38. The monoisotopic (exact) mass is 307 g/mol. The van der Waals surface area contributed by atoms with Gasteiger partial charge in [-0.05, 0) is 19.8 Å². The van der Waals surface area contributed by atoms with Gasteiger partial charge in [0.2, 0.25) is 0 Å². The van der Waals surface area contributed by atoms with Gasteiger partial charge in [-0.25, -0.2) is 0 Å². The molecule has 1 aliphatic rings. The van der Waals surface area contributed by atoms with Gasteiger partial charge in [0.05, 0.1) is 11.8 Å². The van der Waals surface area contributed by atoms with Crippen LogP contribution in [0.1, 0.15) is 66.6 Å². The molecule has 1 fully saturated rings. The van der Waals surface area contributed by atoms with Gasteiger partial charge in [0.25, 0.3) is 5.91 Å². The van der Waals surface area contributed by atoms with Crippen LogP contribution in [0.2, 0.25) is 0 Å². The number of carboxylic acid groups (broad SMARTS) is 1. The van der Waals surface area contributed by atoms with Gasteiger partial charge in [0.1, 0.15) is 12.2 Å². The van der Waals surface area contributed by atoms with Crippen molar-refractivity contribution < 1.29 is 19.1 Å². The first-order chi connectivity index (χ1) is 10.5. The summed E-state index contributed by atoms with van der Waals surface area (Å²) in [4.78, 5) is 25.5. The summed E-state index contributed by atoms with van der Waals surface area (Å²) in [7, 11) is 1.82. The molecule has 0 aromatic carbocycles. The zero-order valence-corrected chi connectivity index (χ0v) is 13.4. The van der Waals surface area contributed by atoms with Gasteiger partial charge in [-0.15, -0.1) is 0 Å². The first kappa shape index (κ1) is 16.6. The number of hydrogen-bond donors (Lipinski definition) is 1. The highest BCUT2D eigenvalue weighted by Crippen LogP contribution is 2.25. The second-order valence-corrected chi connectivity index (χ2v) is 6.20. The summed E-state index contributed by atoms with van der Waals surface area (Å²) in [5.41, 5.74) is 1.13. The number of aliphatic carboxylic acids is 1. The molecule has 0 bridgehead atoms. The summed E-state index contributed by atoms with van der Waals surface area (Å²) in [5.74, 6) is -0.849. The Morgan fingerprint density at radius 3 is 2.41 bits per heavy atom. The molecule has 122 valence electrons. The van der Waals surface area contributed by atoms with E-state index in [0.717, 1.165) is 25.7 Å². The topological polar surface area (TPSA) is 70.7 Å². The summed E-state index contributed by atoms with van der Waals surface area (Å²) in [6.45, 7) is 1.79. The molecule has 5 heteroatoms. The largest absolute Gasteiger partial charge is 0.481 e. The van der Waals surface area contributed by atoms with Crippen LogP contribution < -0.4 is 0 Å². The molecule has 0 spiro atoms. The van der Waals surface area contributed by atoms with Crippen LogP contribution in [0.25, 0.3) is 0 Å². The van der Waals surface area contributed by atoms with E-state index < -0.39 is 5.97 Å². The van der Waals surface area contributed by atoms with E-state index in [1.54, 1.807) is 11.8 Å². The van der Waals surface area contributed by atoms with Crippen molar-refractivity contribution in [3.05, 3.63) is 23.2 Å². The first-order valence-corrected chi connectivity index (χ1v) is 8.06. The van der Waals surface area contributed by atoms with Crippen molar-refractivity contribution in [1.29, 1.82) is 0 Å². The highest BCUT2D eigenvalue weighted by molar-refractivity contribution is 5.97. The van der Waals surface area contributed by atoms with Gasteiger partial charge in [-0.2, -0.15) is 0 Å². The lowest BCUT2D eigenvalue weighted by Gasteiger charge is -2.30. The predicted molar refractivity (Wildman–Crippen MR) is 83.0 cm³/mol. The molecule has 0 saturated heterocycles. The van der Waals surface area contributed by atoms with E-state index in [4.69, 9.17) is 9.52 Å². The molecule has 1 aliphatic carbocycles. The van der Waals surface area contributed by atoms with Gasteiger partial charge in [0, 0.05) is 18.7 Å². The fourth-order valence-corrected chi connectivity index (χ4v) is 3.22. The van der Waals surface area contributed by atoms with E-state index in [1.807, 2.05) is 7.05 Å². The third kappa shape index (κ3) is 3.90. The predicted octanol–water partition coefficient (Wildman–Crippen LogP) is 3.40. The van der Waals surface area contributed by atoms with E-state index >= 15 is 0 Å². The number of nitrogens with zero attached hydrogens (tertiary/aromatic N) is 1. The van der Waals surface area contributed by atoms with Crippen molar-refractivity contribution >= 4 is 11.9 Å². The Balaban J connectivity index is 2.15. The van der Waals surface area contributed by atoms with Crippen LogP contribution in [-0.2, 0) is 11.2 Å². The molecule has 0 atom stereocenters. The van der Waals surface area contributed by atoms with E-state index in [2.05, 4.69) is 0 Å². The molecule has 1 saturated carbocycles. The van der Waals surface area contributed by atoms with Gasteiger partial charge in [-0.3, -0.25) is 9.59 Å². The number of carbonyl (C=O) groups is 2. The van der Waals surface area contributed by atoms with Crippen molar-refractivity contribution in [2.45, 2.75) is 64.3 Å². The lowest BCUT2D eigenvalue weighted by atomic mass is 9.95. The molecule has 2 rings (SSSR count). The Morgan fingerprint density at radius 1 is 1.23 bits per heavy atom.